The van der Waals surface area contributed by atoms with Gasteiger partial charge in [-0.25, -0.2) is 8.78 Å². The normalized spacial score (nSPS) is 17.6. The van der Waals surface area contributed by atoms with Gasteiger partial charge in [0.05, 0.1) is 5.02 Å². The van der Waals surface area contributed by atoms with Crippen molar-refractivity contribution in [3.8, 4) is 22.9 Å². The number of halogens is 3. The largest absolute Gasteiger partial charge is 0.508 e. The van der Waals surface area contributed by atoms with Crippen molar-refractivity contribution >= 4 is 39.1 Å². The zero-order valence-electron chi connectivity index (χ0n) is 21.2. The standard InChI is InChI=1S/C29H29ClF2N4O2/c1-29(32)16-35(17-29)11-12-38-28-33-26-22(27(34-28)36-9-5-2-6-10-36)15-23(30)24(25(26)31)21-14-19(37)13-18-7-3-4-8-20(18)21/h3-4,7-8,13-15,37H,2,5-6,9-12,16-17H2,1H3. The molecule has 3 heterocycles. The number of hydrogen-bond donors (Lipinski definition) is 1. The molecule has 6 rings (SSSR count). The molecule has 0 saturated carbocycles. The lowest BCUT2D eigenvalue weighted by atomic mass is 9.96. The van der Waals surface area contributed by atoms with Gasteiger partial charge in [-0.15, -0.1) is 0 Å². The van der Waals surface area contributed by atoms with Crippen molar-refractivity contribution in [3.05, 3.63) is 53.3 Å². The minimum Gasteiger partial charge on any atom is -0.508 e. The summed E-state index contributed by atoms with van der Waals surface area (Å²) in [7, 11) is 0. The van der Waals surface area contributed by atoms with Gasteiger partial charge in [0.25, 0.3) is 0 Å². The van der Waals surface area contributed by atoms with E-state index in [-0.39, 0.29) is 34.5 Å². The van der Waals surface area contributed by atoms with Gasteiger partial charge in [0, 0.05) is 43.7 Å². The van der Waals surface area contributed by atoms with E-state index < -0.39 is 11.5 Å². The number of anilines is 1. The van der Waals surface area contributed by atoms with E-state index in [2.05, 4.69) is 14.9 Å². The third kappa shape index (κ3) is 4.71. The molecule has 198 valence electrons. The lowest BCUT2D eigenvalue weighted by molar-refractivity contribution is -0.0233. The molecule has 0 spiro atoms. The number of hydrogen-bond acceptors (Lipinski definition) is 6. The Morgan fingerprint density at radius 2 is 1.82 bits per heavy atom. The summed E-state index contributed by atoms with van der Waals surface area (Å²) < 4.78 is 36.1. The summed E-state index contributed by atoms with van der Waals surface area (Å²) in [6.45, 7) is 4.70. The van der Waals surface area contributed by atoms with Crippen LogP contribution in [-0.4, -0.2) is 65.0 Å². The molecule has 38 heavy (non-hydrogen) atoms. The number of aromatic hydroxyl groups is 1. The third-order valence-electron chi connectivity index (χ3n) is 7.36. The summed E-state index contributed by atoms with van der Waals surface area (Å²) in [6.07, 6.45) is 3.17. The fourth-order valence-corrected chi connectivity index (χ4v) is 5.92. The van der Waals surface area contributed by atoms with Crippen LogP contribution in [-0.2, 0) is 0 Å². The molecule has 1 aromatic heterocycles. The van der Waals surface area contributed by atoms with Crippen LogP contribution in [0.15, 0.2) is 42.5 Å². The Kier molecular flexibility index (Phi) is 6.48. The Bertz CT molecular complexity index is 1520. The predicted molar refractivity (Wildman–Crippen MR) is 147 cm³/mol. The van der Waals surface area contributed by atoms with Gasteiger partial charge < -0.3 is 14.7 Å². The first-order valence-electron chi connectivity index (χ1n) is 13.0. The molecule has 2 saturated heterocycles. The second-order valence-corrected chi connectivity index (χ2v) is 10.9. The average Bonchev–Trinajstić information content (AvgIpc) is 2.88. The zero-order chi connectivity index (χ0) is 26.4. The number of phenols is 1. The van der Waals surface area contributed by atoms with Crippen LogP contribution in [0.4, 0.5) is 14.6 Å². The van der Waals surface area contributed by atoms with E-state index >= 15 is 4.39 Å². The van der Waals surface area contributed by atoms with Crippen molar-refractivity contribution in [2.75, 3.05) is 44.2 Å². The molecule has 0 amide bonds. The van der Waals surface area contributed by atoms with Crippen molar-refractivity contribution in [1.29, 1.82) is 0 Å². The lowest BCUT2D eigenvalue weighted by Crippen LogP contribution is -2.57. The number of piperidine rings is 1. The van der Waals surface area contributed by atoms with Gasteiger partial charge in [-0.1, -0.05) is 35.9 Å². The van der Waals surface area contributed by atoms with Crippen molar-refractivity contribution in [2.45, 2.75) is 31.9 Å². The Labute approximate surface area is 224 Å². The maximum absolute atomic E-state index is 16.4. The van der Waals surface area contributed by atoms with Crippen LogP contribution in [0.1, 0.15) is 26.2 Å². The number of rotatable bonds is 6. The molecule has 6 nitrogen and oxygen atoms in total. The Morgan fingerprint density at radius 3 is 2.58 bits per heavy atom. The van der Waals surface area contributed by atoms with Gasteiger partial charge in [-0.3, -0.25) is 4.90 Å². The number of nitrogens with zero attached hydrogens (tertiary/aromatic N) is 4. The molecule has 9 heteroatoms. The van der Waals surface area contributed by atoms with Crippen LogP contribution in [0, 0.1) is 5.82 Å². The summed E-state index contributed by atoms with van der Waals surface area (Å²) in [5.41, 5.74) is -0.390. The van der Waals surface area contributed by atoms with Crippen molar-refractivity contribution in [1.82, 2.24) is 14.9 Å². The van der Waals surface area contributed by atoms with Gasteiger partial charge in [0.1, 0.15) is 29.4 Å². The number of fused-ring (bicyclic) bond motifs is 2. The van der Waals surface area contributed by atoms with Gasteiger partial charge >= 0.3 is 6.01 Å². The van der Waals surface area contributed by atoms with Crippen LogP contribution < -0.4 is 9.64 Å². The predicted octanol–water partition coefficient (Wildman–Crippen LogP) is 6.36. The topological polar surface area (TPSA) is 61.7 Å². The molecule has 0 unspecified atom stereocenters. The van der Waals surface area contributed by atoms with Crippen LogP contribution in [0.3, 0.4) is 0 Å². The molecular weight excluding hydrogens is 510 g/mol. The molecule has 0 bridgehead atoms. The summed E-state index contributed by atoms with van der Waals surface area (Å²) in [5, 5.41) is 12.7. The molecule has 2 aliphatic heterocycles. The molecular formula is C29H29ClF2N4O2. The number of ether oxygens (including phenoxy) is 1. The van der Waals surface area contributed by atoms with Crippen LogP contribution in [0.25, 0.3) is 32.8 Å². The van der Waals surface area contributed by atoms with Crippen LogP contribution in [0.5, 0.6) is 11.8 Å². The highest BCUT2D eigenvalue weighted by molar-refractivity contribution is 6.35. The van der Waals surface area contributed by atoms with Crippen molar-refractivity contribution < 1.29 is 18.6 Å². The Balaban J connectivity index is 1.45. The molecule has 0 radical (unpaired) electrons. The summed E-state index contributed by atoms with van der Waals surface area (Å²) >= 11 is 6.75. The highest BCUT2D eigenvalue weighted by Crippen LogP contribution is 2.42. The van der Waals surface area contributed by atoms with Crippen LogP contribution >= 0.6 is 11.6 Å². The van der Waals surface area contributed by atoms with Gasteiger partial charge in [-0.05, 0) is 60.7 Å². The minimum absolute atomic E-state index is 0.0188. The maximum atomic E-state index is 16.4. The maximum Gasteiger partial charge on any atom is 0.319 e. The minimum atomic E-state index is -1.16. The highest BCUT2D eigenvalue weighted by Gasteiger charge is 2.38. The van der Waals surface area contributed by atoms with E-state index in [1.165, 1.54) is 6.07 Å². The number of aromatic nitrogens is 2. The fourth-order valence-electron chi connectivity index (χ4n) is 5.63. The Hall–Kier alpha value is -3.23. The fraction of sp³-hybridized carbons (Fsp3) is 0.379. The van der Waals surface area contributed by atoms with E-state index in [9.17, 15) is 9.50 Å². The number of alkyl halides is 1. The van der Waals surface area contributed by atoms with Crippen molar-refractivity contribution in [2.24, 2.45) is 0 Å². The summed E-state index contributed by atoms with van der Waals surface area (Å²) in [4.78, 5) is 13.2. The molecule has 2 fully saturated rings. The molecule has 4 aromatic rings. The van der Waals surface area contributed by atoms with E-state index in [0.29, 0.717) is 36.4 Å². The second kappa shape index (κ2) is 9.82. The van der Waals surface area contributed by atoms with E-state index in [1.807, 2.05) is 29.2 Å². The number of phenolic OH excluding ortho intramolecular Hbond substituents is 1. The van der Waals surface area contributed by atoms with Gasteiger partial charge in [0.2, 0.25) is 0 Å². The van der Waals surface area contributed by atoms with Crippen LogP contribution in [0.2, 0.25) is 5.02 Å². The van der Waals surface area contributed by atoms with Gasteiger partial charge in [-0.2, -0.15) is 9.97 Å². The van der Waals surface area contributed by atoms with E-state index in [4.69, 9.17) is 16.3 Å². The number of likely N-dealkylation sites (tertiary alicyclic amines) is 1. The molecule has 0 aliphatic carbocycles. The average molecular weight is 539 g/mol. The smallest absolute Gasteiger partial charge is 0.319 e. The first-order chi connectivity index (χ1) is 18.3. The second-order valence-electron chi connectivity index (χ2n) is 10.5. The molecule has 0 atom stereocenters. The van der Waals surface area contributed by atoms with Gasteiger partial charge in [0.15, 0.2) is 5.82 Å². The Morgan fingerprint density at radius 1 is 1.05 bits per heavy atom. The first-order valence-corrected chi connectivity index (χ1v) is 13.4. The number of benzene rings is 3. The van der Waals surface area contributed by atoms with E-state index in [0.717, 1.165) is 43.1 Å². The molecule has 1 N–H and O–H groups in total. The summed E-state index contributed by atoms with van der Waals surface area (Å²) in [5.74, 6) is 0.0214. The third-order valence-corrected chi connectivity index (χ3v) is 7.66. The van der Waals surface area contributed by atoms with E-state index in [1.54, 1.807) is 19.1 Å². The molecule has 3 aromatic carbocycles. The molecule has 2 aliphatic rings. The first kappa shape index (κ1) is 25.1. The lowest BCUT2D eigenvalue weighted by Gasteiger charge is -2.41. The summed E-state index contributed by atoms with van der Waals surface area (Å²) in [6, 6.07) is 12.4. The monoisotopic (exact) mass is 538 g/mol. The highest BCUT2D eigenvalue weighted by atomic mass is 35.5. The quantitative estimate of drug-likeness (QED) is 0.308. The SMILES string of the molecule is CC1(F)CN(CCOc2nc(N3CCCCC3)c3cc(Cl)c(-c4cc(O)cc5ccccc45)c(F)c3n2)C1. The van der Waals surface area contributed by atoms with Crippen molar-refractivity contribution in [3.63, 3.8) is 0 Å². The zero-order valence-corrected chi connectivity index (χ0v) is 21.9.